The minimum absolute atomic E-state index is 0.192. The number of ether oxygens (including phenoxy) is 1. The Labute approximate surface area is 102 Å². The first kappa shape index (κ1) is 12.7. The Bertz CT molecular complexity index is 207. The molecule has 0 aromatic rings. The fraction of sp³-hybridized carbons (Fsp3) is 1.00. The number of unbranched alkanes of at least 4 members (excludes halogenated alkanes) is 1. The van der Waals surface area contributed by atoms with Crippen molar-refractivity contribution in [3.63, 3.8) is 0 Å². The van der Waals surface area contributed by atoms with E-state index in [-0.39, 0.29) is 5.60 Å². The second kappa shape index (κ2) is 6.24. The monoisotopic (exact) mass is 245 g/mol. The van der Waals surface area contributed by atoms with E-state index >= 15 is 0 Å². The van der Waals surface area contributed by atoms with E-state index in [1.165, 1.54) is 24.3 Å². The molecule has 2 rings (SSSR count). The van der Waals surface area contributed by atoms with Crippen LogP contribution in [0, 0.1) is 0 Å². The molecule has 0 saturated carbocycles. The van der Waals surface area contributed by atoms with Gasteiger partial charge in [-0.05, 0) is 44.4 Å². The molecule has 2 N–H and O–H groups in total. The molecular weight excluding hydrogens is 222 g/mol. The first-order valence-electron chi connectivity index (χ1n) is 6.41. The molecule has 3 nitrogen and oxygen atoms in total. The number of hydrogen-bond donors (Lipinski definition) is 2. The van der Waals surface area contributed by atoms with Gasteiger partial charge in [-0.25, -0.2) is 0 Å². The average Bonchev–Trinajstić information content (AvgIpc) is 2.73. The molecule has 0 aliphatic carbocycles. The standard InChI is InChI=1S/C12H23NO2S/c14-6-2-1-5-13-11-3-7-15-12(9-11)4-8-16-10-12/h11,13-14H,1-10H2. The molecule has 0 aromatic heterocycles. The van der Waals surface area contributed by atoms with Gasteiger partial charge in [0.2, 0.25) is 0 Å². The minimum Gasteiger partial charge on any atom is -0.396 e. The summed E-state index contributed by atoms with van der Waals surface area (Å²) in [6, 6.07) is 0.631. The van der Waals surface area contributed by atoms with E-state index in [4.69, 9.17) is 9.84 Å². The van der Waals surface area contributed by atoms with Gasteiger partial charge in [-0.2, -0.15) is 11.8 Å². The number of rotatable bonds is 5. The maximum Gasteiger partial charge on any atom is 0.0795 e. The molecule has 2 aliphatic rings. The summed E-state index contributed by atoms with van der Waals surface area (Å²) in [7, 11) is 0. The fourth-order valence-corrected chi connectivity index (χ4v) is 3.99. The zero-order valence-electron chi connectivity index (χ0n) is 9.91. The maximum atomic E-state index is 8.72. The van der Waals surface area contributed by atoms with Crippen molar-refractivity contribution in [2.45, 2.75) is 43.7 Å². The van der Waals surface area contributed by atoms with Gasteiger partial charge in [-0.3, -0.25) is 0 Å². The smallest absolute Gasteiger partial charge is 0.0795 e. The lowest BCUT2D eigenvalue weighted by atomic mass is 9.90. The van der Waals surface area contributed by atoms with Gasteiger partial charge in [0.15, 0.2) is 0 Å². The zero-order valence-corrected chi connectivity index (χ0v) is 10.7. The lowest BCUT2D eigenvalue weighted by molar-refractivity contribution is -0.0700. The van der Waals surface area contributed by atoms with Gasteiger partial charge >= 0.3 is 0 Å². The Morgan fingerprint density at radius 1 is 1.44 bits per heavy atom. The van der Waals surface area contributed by atoms with Crippen LogP contribution in [0.4, 0.5) is 0 Å². The molecule has 2 atom stereocenters. The molecule has 2 saturated heterocycles. The van der Waals surface area contributed by atoms with Crippen molar-refractivity contribution in [2.75, 3.05) is 31.3 Å². The summed E-state index contributed by atoms with van der Waals surface area (Å²) >= 11 is 2.03. The molecule has 0 radical (unpaired) electrons. The van der Waals surface area contributed by atoms with Gasteiger partial charge in [0.25, 0.3) is 0 Å². The van der Waals surface area contributed by atoms with E-state index in [1.54, 1.807) is 0 Å². The predicted molar refractivity (Wildman–Crippen MR) is 68.0 cm³/mol. The quantitative estimate of drug-likeness (QED) is 0.719. The number of aliphatic hydroxyl groups excluding tert-OH is 1. The highest BCUT2D eigenvalue weighted by molar-refractivity contribution is 7.99. The largest absolute Gasteiger partial charge is 0.396 e. The highest BCUT2D eigenvalue weighted by Crippen LogP contribution is 2.38. The first-order chi connectivity index (χ1) is 7.85. The second-order valence-corrected chi connectivity index (χ2v) is 6.01. The lowest BCUT2D eigenvalue weighted by Crippen LogP contribution is -2.47. The third-order valence-corrected chi connectivity index (χ3v) is 4.80. The molecule has 0 aromatic carbocycles. The van der Waals surface area contributed by atoms with Crippen molar-refractivity contribution in [3.05, 3.63) is 0 Å². The summed E-state index contributed by atoms with van der Waals surface area (Å²) in [5, 5.41) is 12.3. The molecular formula is C12H23NO2S. The van der Waals surface area contributed by atoms with Gasteiger partial charge < -0.3 is 15.2 Å². The third kappa shape index (κ3) is 3.36. The predicted octanol–water partition coefficient (Wildman–Crippen LogP) is 1.40. The van der Waals surface area contributed by atoms with Gasteiger partial charge in [0.1, 0.15) is 0 Å². The van der Waals surface area contributed by atoms with Crippen LogP contribution in [0.25, 0.3) is 0 Å². The summed E-state index contributed by atoms with van der Waals surface area (Å²) in [5.74, 6) is 2.44. The zero-order chi connectivity index (χ0) is 11.3. The summed E-state index contributed by atoms with van der Waals surface area (Å²) in [6.45, 7) is 2.27. The van der Waals surface area contributed by atoms with Crippen molar-refractivity contribution in [1.82, 2.24) is 5.32 Å². The molecule has 2 unspecified atom stereocenters. The van der Waals surface area contributed by atoms with Crippen molar-refractivity contribution in [3.8, 4) is 0 Å². The molecule has 1 spiro atoms. The Hall–Kier alpha value is 0.230. The molecule has 2 aliphatic heterocycles. The van der Waals surface area contributed by atoms with Crippen LogP contribution in [-0.2, 0) is 4.74 Å². The number of hydrogen-bond acceptors (Lipinski definition) is 4. The van der Waals surface area contributed by atoms with E-state index in [1.807, 2.05) is 11.8 Å². The highest BCUT2D eigenvalue weighted by atomic mass is 32.2. The van der Waals surface area contributed by atoms with E-state index in [9.17, 15) is 0 Å². The topological polar surface area (TPSA) is 41.5 Å². The number of nitrogens with one attached hydrogen (secondary N) is 1. The molecule has 2 heterocycles. The summed E-state index contributed by atoms with van der Waals surface area (Å²) in [5.41, 5.74) is 0.192. The SMILES string of the molecule is OCCCCNC1CCOC2(CCSC2)C1. The van der Waals surface area contributed by atoms with Crippen LogP contribution >= 0.6 is 11.8 Å². The van der Waals surface area contributed by atoms with Crippen LogP contribution in [-0.4, -0.2) is 48.0 Å². The van der Waals surface area contributed by atoms with Gasteiger partial charge in [-0.1, -0.05) is 0 Å². The van der Waals surface area contributed by atoms with Crippen molar-refractivity contribution in [2.24, 2.45) is 0 Å². The van der Waals surface area contributed by atoms with Crippen LogP contribution in [0.2, 0.25) is 0 Å². The molecule has 0 amide bonds. The maximum absolute atomic E-state index is 8.72. The van der Waals surface area contributed by atoms with E-state index in [0.29, 0.717) is 12.6 Å². The minimum atomic E-state index is 0.192. The molecule has 2 fully saturated rings. The van der Waals surface area contributed by atoms with Crippen LogP contribution in [0.5, 0.6) is 0 Å². The number of aliphatic hydroxyl groups is 1. The highest BCUT2D eigenvalue weighted by Gasteiger charge is 2.40. The number of thioether (sulfide) groups is 1. The Morgan fingerprint density at radius 2 is 2.38 bits per heavy atom. The van der Waals surface area contributed by atoms with Crippen molar-refractivity contribution in [1.29, 1.82) is 0 Å². The Balaban J connectivity index is 1.70. The molecule has 94 valence electrons. The fourth-order valence-electron chi connectivity index (χ4n) is 2.61. The Morgan fingerprint density at radius 3 is 3.12 bits per heavy atom. The van der Waals surface area contributed by atoms with Crippen LogP contribution < -0.4 is 5.32 Å². The van der Waals surface area contributed by atoms with E-state index in [2.05, 4.69) is 5.32 Å². The third-order valence-electron chi connectivity index (χ3n) is 3.58. The van der Waals surface area contributed by atoms with Gasteiger partial charge in [0.05, 0.1) is 5.60 Å². The van der Waals surface area contributed by atoms with Crippen molar-refractivity contribution < 1.29 is 9.84 Å². The summed E-state index contributed by atoms with van der Waals surface area (Å²) in [4.78, 5) is 0. The average molecular weight is 245 g/mol. The van der Waals surface area contributed by atoms with Crippen LogP contribution in [0.15, 0.2) is 0 Å². The first-order valence-corrected chi connectivity index (χ1v) is 7.56. The Kier molecular flexibility index (Phi) is 4.95. The molecule has 16 heavy (non-hydrogen) atoms. The lowest BCUT2D eigenvalue weighted by Gasteiger charge is -2.38. The summed E-state index contributed by atoms with van der Waals surface area (Å²) in [6.07, 6.45) is 5.55. The van der Waals surface area contributed by atoms with Crippen molar-refractivity contribution >= 4 is 11.8 Å². The summed E-state index contributed by atoms with van der Waals surface area (Å²) < 4.78 is 5.98. The second-order valence-electron chi connectivity index (χ2n) is 4.91. The van der Waals surface area contributed by atoms with E-state index in [0.717, 1.165) is 32.4 Å². The normalized spacial score (nSPS) is 34.7. The van der Waals surface area contributed by atoms with Gasteiger partial charge in [0, 0.05) is 25.0 Å². The van der Waals surface area contributed by atoms with E-state index < -0.39 is 0 Å². The van der Waals surface area contributed by atoms with Crippen LogP contribution in [0.3, 0.4) is 0 Å². The molecule has 0 bridgehead atoms. The van der Waals surface area contributed by atoms with Crippen LogP contribution in [0.1, 0.15) is 32.1 Å². The molecule has 4 heteroatoms. The van der Waals surface area contributed by atoms with Gasteiger partial charge in [-0.15, -0.1) is 0 Å².